The molecule has 11 rings (SSSR count). The largest absolute Gasteiger partial charge is 0.462 e. The molecule has 9 heterocycles. The van der Waals surface area contributed by atoms with Gasteiger partial charge in [-0.3, -0.25) is 0 Å². The maximum Gasteiger partial charge on any atom is 0.229 e. The minimum absolute atomic E-state index is 0.245. The maximum absolute atomic E-state index is 11.5. The van der Waals surface area contributed by atoms with E-state index in [-0.39, 0.29) is 11.5 Å². The molecule has 6 aliphatic heterocycles. The maximum atomic E-state index is 11.5. The Kier molecular flexibility index (Phi) is 28.5. The molecule has 104 heavy (non-hydrogen) atoms. The van der Waals surface area contributed by atoms with Gasteiger partial charge in [-0.1, -0.05) is 141 Å². The van der Waals surface area contributed by atoms with Gasteiger partial charge in [0.2, 0.25) is 12.6 Å². The number of aliphatic hydroxyl groups excluding tert-OH is 14. The van der Waals surface area contributed by atoms with Crippen LogP contribution in [-0.2, 0) is 41.3 Å². The van der Waals surface area contributed by atoms with Crippen LogP contribution in [0.3, 0.4) is 0 Å². The van der Waals surface area contributed by atoms with Crippen LogP contribution in [0.4, 0.5) is 0 Å². The first-order valence-corrected chi connectivity index (χ1v) is 37.3. The summed E-state index contributed by atoms with van der Waals surface area (Å²) in [5.74, 6) is 0.489. The molecule has 570 valence electrons. The summed E-state index contributed by atoms with van der Waals surface area (Å²) < 4.78 is 46.9. The molecule has 20 atom stereocenters. The van der Waals surface area contributed by atoms with E-state index in [1.54, 1.807) is 24.3 Å². The molecule has 8 bridgehead atoms. The molecular weight excluding hydrogens is 1340 g/mol. The second-order valence-electron chi connectivity index (χ2n) is 28.2. The van der Waals surface area contributed by atoms with Gasteiger partial charge in [-0.2, -0.15) is 0 Å². The van der Waals surface area contributed by atoms with Crippen LogP contribution in [0.15, 0.2) is 72.8 Å². The minimum Gasteiger partial charge on any atom is -0.462 e. The minimum atomic E-state index is -1.82. The Morgan fingerprint density at radius 3 is 1.01 bits per heavy atom. The van der Waals surface area contributed by atoms with Gasteiger partial charge in [0.05, 0.1) is 49.2 Å². The first kappa shape index (κ1) is 78.9. The van der Waals surface area contributed by atoms with E-state index in [1.807, 2.05) is 48.6 Å². The van der Waals surface area contributed by atoms with Gasteiger partial charge >= 0.3 is 0 Å². The number of aryl methyl sites for hydroxylation is 1. The summed E-state index contributed by atoms with van der Waals surface area (Å²) in [5.41, 5.74) is 11.3. The highest BCUT2D eigenvalue weighted by Crippen LogP contribution is 2.39. The van der Waals surface area contributed by atoms with Crippen LogP contribution in [0.2, 0.25) is 0 Å². The number of nitrogens with zero attached hydrogens (tertiary/aromatic N) is 2. The number of ether oxygens (including phenoxy) is 8. The highest BCUT2D eigenvalue weighted by atomic mass is 16.8. The van der Waals surface area contributed by atoms with Crippen LogP contribution < -0.4 is 9.47 Å². The quantitative estimate of drug-likeness (QED) is 0.0201. The lowest BCUT2D eigenvalue weighted by Gasteiger charge is -2.45. The average Bonchev–Trinajstić information content (AvgIpc) is 1.42. The molecule has 3 aromatic heterocycles. The van der Waals surface area contributed by atoms with Gasteiger partial charge in [0, 0.05) is 38.8 Å². The van der Waals surface area contributed by atoms with Crippen molar-refractivity contribution in [1.29, 1.82) is 0 Å². The smallest absolute Gasteiger partial charge is 0.229 e. The SMILES string of the molecule is CCCCCCCCCCCc1c2nc(c(-c3ccc(O[C@@H]4O[C@H](CO)[C@@H](O[C@H]5O[C@H](CO)[C@@H](O)[C@H](O)[C@H]5O)[C@H](O)[C@H]4O)cc3)c3ccc([nH]3)c(CCCCCCCCCCC)c3ccc([nH]3)c(-c3ccc(O[C@@H]4O[C@H](CO)[C@@H](O[C@H]5O[C@H](CO)[C@@H](O)[C@H](O)[C@H]5O)[C@H](O)[C@H]4O)cc3)c3nc1C=C3)C=C2. The van der Waals surface area contributed by atoms with Crippen molar-refractivity contribution in [2.45, 2.75) is 265 Å². The summed E-state index contributed by atoms with van der Waals surface area (Å²) in [6.45, 7) is 1.53. The Bertz CT molecular complexity index is 3530. The van der Waals surface area contributed by atoms with E-state index in [9.17, 15) is 71.5 Å². The van der Waals surface area contributed by atoms with Crippen LogP contribution in [0.1, 0.15) is 163 Å². The Hall–Kier alpha value is -6.16. The van der Waals surface area contributed by atoms with Crippen molar-refractivity contribution in [3.8, 4) is 33.8 Å². The number of H-pyrrole nitrogens is 2. The molecule has 0 saturated carbocycles. The fourth-order valence-electron chi connectivity index (χ4n) is 14.7. The molecule has 16 N–H and O–H groups in total. The van der Waals surface area contributed by atoms with Gasteiger partial charge < -0.3 is 119 Å². The van der Waals surface area contributed by atoms with Crippen molar-refractivity contribution in [3.63, 3.8) is 0 Å². The van der Waals surface area contributed by atoms with Crippen molar-refractivity contribution in [2.75, 3.05) is 26.4 Å². The number of benzene rings is 2. The van der Waals surface area contributed by atoms with Crippen LogP contribution in [0, 0.1) is 0 Å². The molecule has 0 amide bonds. The number of aromatic nitrogens is 4. The lowest BCUT2D eigenvalue weighted by Crippen LogP contribution is -2.65. The number of aliphatic hydroxyl groups is 14. The number of aromatic amines is 2. The highest BCUT2D eigenvalue weighted by molar-refractivity contribution is 5.94. The summed E-state index contributed by atoms with van der Waals surface area (Å²) in [7, 11) is 0. The average molecular weight is 1450 g/mol. The lowest BCUT2D eigenvalue weighted by atomic mass is 9.97. The molecule has 0 spiro atoms. The van der Waals surface area contributed by atoms with Crippen LogP contribution in [-0.4, -0.2) is 241 Å². The number of hydrogen-bond acceptors (Lipinski definition) is 24. The Balaban J connectivity index is 0.933. The lowest BCUT2D eigenvalue weighted by molar-refractivity contribution is -0.352. The third kappa shape index (κ3) is 18.5. The predicted octanol–water partition coefficient (Wildman–Crippen LogP) is 6.14. The van der Waals surface area contributed by atoms with E-state index in [2.05, 4.69) is 48.1 Å². The normalized spacial score (nSPS) is 29.9. The van der Waals surface area contributed by atoms with E-state index in [0.717, 1.165) is 125 Å². The number of unbranched alkanes of at least 4 members (excludes halogenated alkanes) is 16. The molecular formula is C78H106N4O22. The summed E-state index contributed by atoms with van der Waals surface area (Å²) >= 11 is 0. The van der Waals surface area contributed by atoms with Gasteiger partial charge in [-0.05, 0) is 115 Å². The highest BCUT2D eigenvalue weighted by Gasteiger charge is 2.53. The van der Waals surface area contributed by atoms with Gasteiger partial charge in [-0.15, -0.1) is 0 Å². The first-order valence-electron chi connectivity index (χ1n) is 37.3. The monoisotopic (exact) mass is 1450 g/mol. The van der Waals surface area contributed by atoms with Crippen molar-refractivity contribution < 1.29 is 109 Å². The van der Waals surface area contributed by atoms with E-state index >= 15 is 0 Å². The number of hydrogen-bond donors (Lipinski definition) is 16. The molecule has 26 heteroatoms. The summed E-state index contributed by atoms with van der Waals surface area (Å²) in [5, 5.41) is 149. The molecule has 26 nitrogen and oxygen atoms in total. The Morgan fingerprint density at radius 2 is 0.644 bits per heavy atom. The second-order valence-corrected chi connectivity index (χ2v) is 28.2. The summed E-state index contributed by atoms with van der Waals surface area (Å²) in [4.78, 5) is 18.6. The van der Waals surface area contributed by atoms with Crippen LogP contribution >= 0.6 is 0 Å². The van der Waals surface area contributed by atoms with Gasteiger partial charge in [0.15, 0.2) is 12.6 Å². The zero-order valence-electron chi connectivity index (χ0n) is 59.2. The first-order chi connectivity index (χ1) is 50.5. The van der Waals surface area contributed by atoms with Crippen molar-refractivity contribution in [2.24, 2.45) is 0 Å². The molecule has 4 fully saturated rings. The number of rotatable bonds is 34. The predicted molar refractivity (Wildman–Crippen MR) is 386 cm³/mol. The molecule has 0 aliphatic carbocycles. The number of nitrogens with one attached hydrogen (secondary N) is 2. The molecule has 4 saturated heterocycles. The third-order valence-electron chi connectivity index (χ3n) is 20.7. The van der Waals surface area contributed by atoms with E-state index in [4.69, 9.17) is 47.9 Å². The summed E-state index contributed by atoms with van der Waals surface area (Å²) in [6, 6.07) is 22.6. The van der Waals surface area contributed by atoms with Gasteiger partial charge in [0.25, 0.3) is 0 Å². The fourth-order valence-corrected chi connectivity index (χ4v) is 14.7. The summed E-state index contributed by atoms with van der Waals surface area (Å²) in [6.07, 6.45) is -2.21. The van der Waals surface area contributed by atoms with Gasteiger partial charge in [0.1, 0.15) is 109 Å². The van der Waals surface area contributed by atoms with Crippen LogP contribution in [0.25, 0.3) is 68.6 Å². The molecule has 5 aromatic rings. The van der Waals surface area contributed by atoms with E-state index in [1.165, 1.54) is 64.2 Å². The topological polar surface area (TPSA) is 414 Å². The Morgan fingerprint density at radius 1 is 0.327 bits per heavy atom. The molecule has 6 aliphatic rings. The van der Waals surface area contributed by atoms with E-state index in [0.29, 0.717) is 17.8 Å². The fraction of sp³-hybridized carbons (Fsp3) is 0.590. The number of fused-ring (bicyclic) bond motifs is 8. The van der Waals surface area contributed by atoms with Gasteiger partial charge in [-0.25, -0.2) is 9.97 Å². The van der Waals surface area contributed by atoms with Crippen LogP contribution in [0.5, 0.6) is 11.5 Å². The van der Waals surface area contributed by atoms with E-state index < -0.39 is 149 Å². The molecule has 0 radical (unpaired) electrons. The van der Waals surface area contributed by atoms with Crippen molar-refractivity contribution in [1.82, 2.24) is 19.9 Å². The standard InChI is InChI=1S/C78H106N4O22/c1-3-5-7-9-11-13-15-17-19-21-47-49-31-35-53(79-49)61(43-23-27-45(28-24-43)97-75-71(95)67(91)73(59(41-85)101-75)103-77-69(93)65(89)63(87)57(39-83)99-77)55-37-33-51(81-55)48(22-20-18-16-14-12-10-8-6-4-2)52-34-38-56(82-52)62(54-36-32-50(47)80-54)44-25-29-46(30-26-44)98-76-72(96)68(92)74(60(42-86)102-76)104-78-70(94)66(90)64(88)58(40-84)100-78/h23-38,57-60,63-80,83-96H,3-22,39-42H2,1-2H3/t57-,58-,59-,60-,63-,64-,65+,66+,67-,68-,69-,70-,71-,72-,73-,74-,75-,76-,77-,78-/m1/s1. The Labute approximate surface area is 605 Å². The zero-order chi connectivity index (χ0) is 73.6. The van der Waals surface area contributed by atoms with Crippen molar-refractivity contribution in [3.05, 3.63) is 107 Å². The molecule has 2 aromatic carbocycles. The zero-order valence-corrected chi connectivity index (χ0v) is 59.2. The van der Waals surface area contributed by atoms with Crippen molar-refractivity contribution >= 4 is 46.4 Å². The third-order valence-corrected chi connectivity index (χ3v) is 20.7. The molecule has 0 unspecified atom stereocenters. The second kappa shape index (κ2) is 37.6.